The van der Waals surface area contributed by atoms with Gasteiger partial charge in [-0.05, 0) is 25.2 Å². The third-order valence-electron chi connectivity index (χ3n) is 3.78. The van der Waals surface area contributed by atoms with Crippen molar-refractivity contribution in [3.05, 3.63) is 12.3 Å². The van der Waals surface area contributed by atoms with Gasteiger partial charge in [0, 0.05) is 25.6 Å². The van der Waals surface area contributed by atoms with Crippen LogP contribution in [0.5, 0.6) is 0 Å². The van der Waals surface area contributed by atoms with E-state index in [9.17, 15) is 0 Å². The first kappa shape index (κ1) is 9.63. The molecule has 0 aliphatic carbocycles. The molecule has 3 N–H and O–H groups in total. The maximum Gasteiger partial charge on any atom is 0.0945 e. The summed E-state index contributed by atoms with van der Waals surface area (Å²) in [5, 5.41) is 3.13. The molecule has 0 aromatic carbocycles. The summed E-state index contributed by atoms with van der Waals surface area (Å²) in [6.45, 7) is 4.42. The molecule has 5 atom stereocenters. The molecule has 2 fully saturated rings. The minimum absolute atomic E-state index is 0.101. The van der Waals surface area contributed by atoms with E-state index in [2.05, 4.69) is 16.3 Å². The summed E-state index contributed by atoms with van der Waals surface area (Å²) in [6.07, 6.45) is 5.83. The minimum Gasteiger partial charge on any atom is -0.389 e. The Kier molecular flexibility index (Phi) is 2.42. The summed E-state index contributed by atoms with van der Waals surface area (Å²) in [6, 6.07) is 0.101. The average Bonchev–Trinajstić information content (AvgIpc) is 2.83. The van der Waals surface area contributed by atoms with Crippen LogP contribution in [0.15, 0.2) is 12.3 Å². The Bertz CT molecular complexity index is 269. The molecule has 15 heavy (non-hydrogen) atoms. The lowest BCUT2D eigenvalue weighted by Gasteiger charge is -2.31. The van der Waals surface area contributed by atoms with Crippen LogP contribution in [0.1, 0.15) is 6.42 Å². The van der Waals surface area contributed by atoms with Crippen LogP contribution >= 0.6 is 0 Å². The summed E-state index contributed by atoms with van der Waals surface area (Å²) in [4.78, 5) is 2.49. The molecule has 3 aliphatic heterocycles. The first-order valence-electron chi connectivity index (χ1n) is 5.86. The Morgan fingerprint density at radius 3 is 3.00 bits per heavy atom. The van der Waals surface area contributed by atoms with Gasteiger partial charge in [0.25, 0.3) is 0 Å². The zero-order valence-electron chi connectivity index (χ0n) is 8.93. The Morgan fingerprint density at radius 2 is 2.33 bits per heavy atom. The molecule has 2 bridgehead atoms. The van der Waals surface area contributed by atoms with Crippen LogP contribution in [-0.4, -0.2) is 49.3 Å². The van der Waals surface area contributed by atoms with Crippen molar-refractivity contribution >= 4 is 0 Å². The monoisotopic (exact) mass is 209 g/mol. The SMILES string of the molecule is NC1CNC=CC1O[C@H]1CN2CCC1C2. The zero-order valence-corrected chi connectivity index (χ0v) is 8.93. The number of rotatable bonds is 2. The van der Waals surface area contributed by atoms with E-state index in [1.165, 1.54) is 19.5 Å². The van der Waals surface area contributed by atoms with E-state index in [0.717, 1.165) is 19.0 Å². The molecule has 0 aromatic rings. The van der Waals surface area contributed by atoms with E-state index < -0.39 is 0 Å². The quantitative estimate of drug-likeness (QED) is 0.645. The van der Waals surface area contributed by atoms with Crippen LogP contribution in [0.3, 0.4) is 0 Å². The molecule has 0 saturated carbocycles. The smallest absolute Gasteiger partial charge is 0.0945 e. The molecular formula is C11H19N3O. The van der Waals surface area contributed by atoms with E-state index >= 15 is 0 Å². The van der Waals surface area contributed by atoms with Crippen molar-refractivity contribution in [1.82, 2.24) is 10.2 Å². The highest BCUT2D eigenvalue weighted by Crippen LogP contribution is 2.31. The molecule has 0 aromatic heterocycles. The van der Waals surface area contributed by atoms with Crippen LogP contribution in [0.2, 0.25) is 0 Å². The molecule has 0 spiro atoms. The van der Waals surface area contributed by atoms with Gasteiger partial charge < -0.3 is 20.7 Å². The fourth-order valence-corrected chi connectivity index (χ4v) is 2.86. The van der Waals surface area contributed by atoms with Gasteiger partial charge in [0.1, 0.15) is 0 Å². The molecule has 4 nitrogen and oxygen atoms in total. The first-order chi connectivity index (χ1) is 7.33. The topological polar surface area (TPSA) is 50.5 Å². The van der Waals surface area contributed by atoms with Gasteiger partial charge in [-0.25, -0.2) is 0 Å². The Labute approximate surface area is 90.4 Å². The van der Waals surface area contributed by atoms with E-state index in [0.29, 0.717) is 6.10 Å². The highest BCUT2D eigenvalue weighted by molar-refractivity contribution is 5.02. The first-order valence-corrected chi connectivity index (χ1v) is 5.86. The predicted octanol–water partition coefficient (Wildman–Crippen LogP) is -0.480. The lowest BCUT2D eigenvalue weighted by atomic mass is 10.0. The number of piperidine rings is 1. The van der Waals surface area contributed by atoms with Gasteiger partial charge in [-0.15, -0.1) is 0 Å². The molecule has 3 aliphatic rings. The fraction of sp³-hybridized carbons (Fsp3) is 0.818. The molecule has 3 heterocycles. The van der Waals surface area contributed by atoms with Crippen molar-refractivity contribution in [2.45, 2.75) is 24.7 Å². The number of nitrogens with one attached hydrogen (secondary N) is 1. The average molecular weight is 209 g/mol. The van der Waals surface area contributed by atoms with Crippen LogP contribution in [0, 0.1) is 5.92 Å². The second-order valence-electron chi connectivity index (χ2n) is 4.88. The number of hydrogen-bond donors (Lipinski definition) is 2. The highest BCUT2D eigenvalue weighted by Gasteiger charge is 2.40. The van der Waals surface area contributed by atoms with Crippen molar-refractivity contribution in [2.75, 3.05) is 26.2 Å². The van der Waals surface area contributed by atoms with E-state index in [4.69, 9.17) is 10.5 Å². The van der Waals surface area contributed by atoms with Gasteiger partial charge in [0.2, 0.25) is 0 Å². The largest absolute Gasteiger partial charge is 0.389 e. The van der Waals surface area contributed by atoms with Gasteiger partial charge in [-0.1, -0.05) is 0 Å². The van der Waals surface area contributed by atoms with Gasteiger partial charge >= 0.3 is 0 Å². The fourth-order valence-electron chi connectivity index (χ4n) is 2.86. The molecule has 4 unspecified atom stereocenters. The number of nitrogens with two attached hydrogens (primary N) is 1. The van der Waals surface area contributed by atoms with Gasteiger partial charge in [-0.2, -0.15) is 0 Å². The highest BCUT2D eigenvalue weighted by atomic mass is 16.5. The van der Waals surface area contributed by atoms with Crippen molar-refractivity contribution < 1.29 is 4.74 Å². The molecule has 3 rings (SSSR count). The normalized spacial score (nSPS) is 48.2. The van der Waals surface area contributed by atoms with Crippen molar-refractivity contribution in [3.63, 3.8) is 0 Å². The van der Waals surface area contributed by atoms with Gasteiger partial charge in [-0.3, -0.25) is 0 Å². The molecule has 84 valence electrons. The summed E-state index contributed by atoms with van der Waals surface area (Å²) < 4.78 is 6.10. The van der Waals surface area contributed by atoms with E-state index in [-0.39, 0.29) is 12.1 Å². The molecule has 0 radical (unpaired) electrons. The molecule has 4 heteroatoms. The van der Waals surface area contributed by atoms with Crippen LogP contribution < -0.4 is 11.1 Å². The number of hydrogen-bond acceptors (Lipinski definition) is 4. The summed E-state index contributed by atoms with van der Waals surface area (Å²) in [5.41, 5.74) is 6.00. The lowest BCUT2D eigenvalue weighted by molar-refractivity contribution is -0.0244. The Balaban J connectivity index is 1.60. The summed E-state index contributed by atoms with van der Waals surface area (Å²) in [7, 11) is 0. The van der Waals surface area contributed by atoms with Crippen molar-refractivity contribution in [2.24, 2.45) is 11.7 Å². The number of nitrogens with zero attached hydrogens (tertiary/aromatic N) is 1. The second kappa shape index (κ2) is 3.77. The maximum atomic E-state index is 6.10. The lowest BCUT2D eigenvalue weighted by Crippen LogP contribution is -2.48. The van der Waals surface area contributed by atoms with Crippen LogP contribution in [-0.2, 0) is 4.74 Å². The van der Waals surface area contributed by atoms with E-state index in [1.807, 2.05) is 6.20 Å². The number of ether oxygens (including phenoxy) is 1. The van der Waals surface area contributed by atoms with Gasteiger partial charge in [0.15, 0.2) is 0 Å². The summed E-state index contributed by atoms with van der Waals surface area (Å²) in [5.74, 6) is 0.750. The molecule has 0 amide bonds. The standard InChI is InChI=1S/C11H19N3O/c12-9-5-13-3-1-10(9)15-11-7-14-4-2-8(11)6-14/h1,3,8-11,13H,2,4-7,12H2/t8?,9?,10?,11-/m0/s1. The number of fused-ring (bicyclic) bond motifs is 2. The van der Waals surface area contributed by atoms with Gasteiger partial charge in [0.05, 0.1) is 18.2 Å². The third-order valence-corrected chi connectivity index (χ3v) is 3.78. The van der Waals surface area contributed by atoms with Crippen molar-refractivity contribution in [3.8, 4) is 0 Å². The third kappa shape index (κ3) is 1.77. The summed E-state index contributed by atoms with van der Waals surface area (Å²) >= 11 is 0. The minimum atomic E-state index is 0.101. The molecular weight excluding hydrogens is 190 g/mol. The van der Waals surface area contributed by atoms with Crippen LogP contribution in [0.4, 0.5) is 0 Å². The Hall–Kier alpha value is -0.580. The van der Waals surface area contributed by atoms with Crippen LogP contribution in [0.25, 0.3) is 0 Å². The maximum absolute atomic E-state index is 6.10. The second-order valence-corrected chi connectivity index (χ2v) is 4.88. The van der Waals surface area contributed by atoms with Crippen molar-refractivity contribution in [1.29, 1.82) is 0 Å². The predicted molar refractivity (Wildman–Crippen MR) is 58.3 cm³/mol. The Morgan fingerprint density at radius 1 is 1.40 bits per heavy atom. The molecule has 2 saturated heterocycles. The zero-order chi connectivity index (χ0) is 10.3. The van der Waals surface area contributed by atoms with E-state index in [1.54, 1.807) is 0 Å².